The lowest BCUT2D eigenvalue weighted by Crippen LogP contribution is -2.47. The summed E-state index contributed by atoms with van der Waals surface area (Å²) in [6, 6.07) is 16.4. The first-order valence-corrected chi connectivity index (χ1v) is 12.0. The number of furan rings is 1. The molecule has 0 aliphatic rings. The van der Waals surface area contributed by atoms with Crippen LogP contribution in [-0.4, -0.2) is 55.1 Å². The van der Waals surface area contributed by atoms with Crippen LogP contribution in [0.1, 0.15) is 30.7 Å². The van der Waals surface area contributed by atoms with E-state index in [-0.39, 0.29) is 24.5 Å². The number of nitrogens with one attached hydrogen (secondary N) is 1. The molecule has 0 unspecified atom stereocenters. The van der Waals surface area contributed by atoms with Gasteiger partial charge in [-0.25, -0.2) is 4.79 Å². The molecule has 36 heavy (non-hydrogen) atoms. The lowest BCUT2D eigenvalue weighted by molar-refractivity contribution is -0.133. The fourth-order valence-electron chi connectivity index (χ4n) is 3.82. The van der Waals surface area contributed by atoms with Gasteiger partial charge in [0.05, 0.1) is 27.0 Å². The van der Waals surface area contributed by atoms with E-state index in [0.29, 0.717) is 36.8 Å². The van der Waals surface area contributed by atoms with Crippen molar-refractivity contribution in [2.45, 2.75) is 39.8 Å². The first-order valence-electron chi connectivity index (χ1n) is 12.0. The topological polar surface area (TPSA) is 84.2 Å². The van der Waals surface area contributed by atoms with Crippen molar-refractivity contribution < 1.29 is 23.5 Å². The van der Waals surface area contributed by atoms with E-state index in [2.05, 4.69) is 5.32 Å². The number of nitrogens with zero attached hydrogens (tertiary/aromatic N) is 2. The van der Waals surface area contributed by atoms with Crippen LogP contribution in [0, 0.1) is 6.92 Å². The predicted molar refractivity (Wildman–Crippen MR) is 139 cm³/mol. The number of ether oxygens (including phenoxy) is 2. The summed E-state index contributed by atoms with van der Waals surface area (Å²) < 4.78 is 16.2. The normalized spacial score (nSPS) is 10.7. The third-order valence-corrected chi connectivity index (χ3v) is 5.97. The minimum Gasteiger partial charge on any atom is -0.493 e. The highest BCUT2D eigenvalue weighted by atomic mass is 16.5. The van der Waals surface area contributed by atoms with Gasteiger partial charge in [-0.2, -0.15) is 0 Å². The molecule has 3 rings (SSSR count). The van der Waals surface area contributed by atoms with Gasteiger partial charge in [0, 0.05) is 18.3 Å². The molecule has 1 aromatic heterocycles. The third-order valence-electron chi connectivity index (χ3n) is 5.97. The number of urea groups is 1. The average Bonchev–Trinajstić information content (AvgIpc) is 3.39. The van der Waals surface area contributed by atoms with Crippen molar-refractivity contribution in [3.63, 3.8) is 0 Å². The minimum atomic E-state index is -0.314. The maximum Gasteiger partial charge on any atom is 0.322 e. The van der Waals surface area contributed by atoms with Gasteiger partial charge in [0.1, 0.15) is 12.3 Å². The quantitative estimate of drug-likeness (QED) is 0.401. The van der Waals surface area contributed by atoms with Crippen molar-refractivity contribution in [1.82, 2.24) is 9.80 Å². The molecule has 0 saturated heterocycles. The SMILES string of the molecule is COc1ccc(CCN(Cc2ccco2)C(=O)CN(C(=O)Nc2ccccc2C)C(C)C)cc1OC. The van der Waals surface area contributed by atoms with E-state index in [0.717, 1.165) is 16.8 Å². The van der Waals surface area contributed by atoms with Gasteiger partial charge < -0.3 is 29.0 Å². The van der Waals surface area contributed by atoms with E-state index < -0.39 is 0 Å². The zero-order valence-electron chi connectivity index (χ0n) is 21.6. The number of carbonyl (C=O) groups is 2. The molecular weight excluding hydrogens is 458 g/mol. The Morgan fingerprint density at radius 2 is 1.75 bits per heavy atom. The Morgan fingerprint density at radius 3 is 2.39 bits per heavy atom. The Balaban J connectivity index is 1.74. The highest BCUT2D eigenvalue weighted by molar-refractivity contribution is 5.93. The van der Waals surface area contributed by atoms with Crippen LogP contribution in [0.3, 0.4) is 0 Å². The third kappa shape index (κ3) is 7.04. The molecule has 2 aromatic carbocycles. The molecule has 0 atom stereocenters. The summed E-state index contributed by atoms with van der Waals surface area (Å²) in [7, 11) is 3.19. The first kappa shape index (κ1) is 26.7. The van der Waals surface area contributed by atoms with E-state index in [1.165, 1.54) is 0 Å². The predicted octanol–water partition coefficient (Wildman–Crippen LogP) is 5.12. The lowest BCUT2D eigenvalue weighted by Gasteiger charge is -2.30. The number of aryl methyl sites for hydroxylation is 1. The lowest BCUT2D eigenvalue weighted by atomic mass is 10.1. The van der Waals surface area contributed by atoms with Crippen molar-refractivity contribution in [2.24, 2.45) is 0 Å². The molecule has 192 valence electrons. The summed E-state index contributed by atoms with van der Waals surface area (Å²) >= 11 is 0. The number of hydrogen-bond donors (Lipinski definition) is 1. The number of para-hydroxylation sites is 1. The van der Waals surface area contributed by atoms with Crippen LogP contribution in [0.4, 0.5) is 10.5 Å². The van der Waals surface area contributed by atoms with Crippen molar-refractivity contribution in [2.75, 3.05) is 32.6 Å². The van der Waals surface area contributed by atoms with Crippen molar-refractivity contribution in [3.8, 4) is 11.5 Å². The summed E-state index contributed by atoms with van der Waals surface area (Å²) in [5.74, 6) is 1.80. The Hall–Kier alpha value is -3.94. The maximum absolute atomic E-state index is 13.5. The van der Waals surface area contributed by atoms with Crippen LogP contribution in [-0.2, 0) is 17.8 Å². The zero-order valence-corrected chi connectivity index (χ0v) is 21.6. The molecule has 0 saturated carbocycles. The van der Waals surface area contributed by atoms with Gasteiger partial charge in [0.2, 0.25) is 5.91 Å². The fourth-order valence-corrected chi connectivity index (χ4v) is 3.82. The number of anilines is 1. The number of rotatable bonds is 11. The molecule has 0 radical (unpaired) electrons. The van der Waals surface area contributed by atoms with Crippen molar-refractivity contribution >= 4 is 17.6 Å². The van der Waals surface area contributed by atoms with Crippen molar-refractivity contribution in [3.05, 3.63) is 77.7 Å². The second-order valence-corrected chi connectivity index (χ2v) is 8.80. The van der Waals surface area contributed by atoms with Crippen LogP contribution >= 0.6 is 0 Å². The number of carbonyl (C=O) groups excluding carboxylic acids is 2. The molecule has 8 heteroatoms. The molecule has 0 bridgehead atoms. The highest BCUT2D eigenvalue weighted by Gasteiger charge is 2.24. The Bertz CT molecular complexity index is 1140. The molecule has 1 N–H and O–H groups in total. The average molecular weight is 494 g/mol. The van der Waals surface area contributed by atoms with Crippen LogP contribution in [0.5, 0.6) is 11.5 Å². The molecule has 0 spiro atoms. The highest BCUT2D eigenvalue weighted by Crippen LogP contribution is 2.28. The molecule has 1 heterocycles. The zero-order chi connectivity index (χ0) is 26.1. The minimum absolute atomic E-state index is 0.0535. The van der Waals surface area contributed by atoms with Crippen LogP contribution in [0.2, 0.25) is 0 Å². The number of amides is 3. The first-order chi connectivity index (χ1) is 17.3. The standard InChI is InChI=1S/C28H35N3O5/c1-20(2)31(28(33)29-24-11-7-6-9-21(24)3)19-27(32)30(18-23-10-8-16-36-23)15-14-22-12-13-25(34-4)26(17-22)35-5/h6-13,16-17,20H,14-15,18-19H2,1-5H3,(H,29,33). The Labute approximate surface area is 212 Å². The van der Waals surface area contributed by atoms with Gasteiger partial charge in [-0.3, -0.25) is 4.79 Å². The van der Waals surface area contributed by atoms with Gasteiger partial charge in [-0.05, 0) is 68.7 Å². The van der Waals surface area contributed by atoms with E-state index in [1.54, 1.807) is 36.3 Å². The largest absolute Gasteiger partial charge is 0.493 e. The summed E-state index contributed by atoms with van der Waals surface area (Å²) in [6.07, 6.45) is 2.19. The fraction of sp³-hybridized carbons (Fsp3) is 0.357. The van der Waals surface area contributed by atoms with Gasteiger partial charge in [-0.15, -0.1) is 0 Å². The smallest absolute Gasteiger partial charge is 0.322 e. The Kier molecular flexibility index (Phi) is 9.39. The van der Waals surface area contributed by atoms with Crippen molar-refractivity contribution in [1.29, 1.82) is 0 Å². The van der Waals surface area contributed by atoms with Gasteiger partial charge in [0.15, 0.2) is 11.5 Å². The van der Waals surface area contributed by atoms with E-state index >= 15 is 0 Å². The molecule has 3 aromatic rings. The number of hydrogen-bond acceptors (Lipinski definition) is 5. The molecule has 0 aliphatic heterocycles. The second kappa shape index (κ2) is 12.7. The van der Waals surface area contributed by atoms with Crippen LogP contribution in [0.15, 0.2) is 65.3 Å². The van der Waals surface area contributed by atoms with E-state index in [9.17, 15) is 9.59 Å². The number of methoxy groups -OCH3 is 2. The van der Waals surface area contributed by atoms with E-state index in [4.69, 9.17) is 13.9 Å². The monoisotopic (exact) mass is 493 g/mol. The number of benzene rings is 2. The second-order valence-electron chi connectivity index (χ2n) is 8.80. The molecule has 3 amide bonds. The van der Waals surface area contributed by atoms with Crippen LogP contribution in [0.25, 0.3) is 0 Å². The van der Waals surface area contributed by atoms with Gasteiger partial charge in [0.25, 0.3) is 0 Å². The summed E-state index contributed by atoms with van der Waals surface area (Å²) in [5.41, 5.74) is 2.68. The summed E-state index contributed by atoms with van der Waals surface area (Å²) in [6.45, 7) is 6.42. The maximum atomic E-state index is 13.5. The van der Waals surface area contributed by atoms with Crippen LogP contribution < -0.4 is 14.8 Å². The molecule has 8 nitrogen and oxygen atoms in total. The van der Waals surface area contributed by atoms with Gasteiger partial charge in [-0.1, -0.05) is 24.3 Å². The summed E-state index contributed by atoms with van der Waals surface area (Å²) in [5, 5.41) is 2.93. The van der Waals surface area contributed by atoms with Gasteiger partial charge >= 0.3 is 6.03 Å². The molecular formula is C28H35N3O5. The molecule has 0 aliphatic carbocycles. The van der Waals surface area contributed by atoms with E-state index in [1.807, 2.05) is 69.3 Å². The summed E-state index contributed by atoms with van der Waals surface area (Å²) in [4.78, 5) is 29.8. The molecule has 0 fully saturated rings. The Morgan fingerprint density at radius 1 is 1.00 bits per heavy atom.